The zero-order chi connectivity index (χ0) is 81.6. The highest BCUT2D eigenvalue weighted by Gasteiger charge is 2.41. The number of nitrogens with two attached hydrogens (primary N) is 1. The van der Waals surface area contributed by atoms with Crippen LogP contribution in [0.2, 0.25) is 5.02 Å². The summed E-state index contributed by atoms with van der Waals surface area (Å²) in [6.07, 6.45) is 2.08. The molecule has 0 unspecified atom stereocenters. The molecule has 7 rings (SSSR count). The lowest BCUT2D eigenvalue weighted by atomic mass is 9.99. The summed E-state index contributed by atoms with van der Waals surface area (Å²) in [6.45, 7) is 11.0. The molecule has 0 saturated carbocycles. The van der Waals surface area contributed by atoms with Crippen molar-refractivity contribution in [2.75, 3.05) is 30.3 Å². The first-order valence-electron chi connectivity index (χ1n) is 37.1. The van der Waals surface area contributed by atoms with Crippen molar-refractivity contribution in [1.82, 2.24) is 68.4 Å². The van der Waals surface area contributed by atoms with Crippen LogP contribution in [-0.2, 0) is 99.2 Å². The fraction of sp³-hybridized carbons (Fsp3) is 0.412. The summed E-state index contributed by atoms with van der Waals surface area (Å²) in [5, 5.41) is 48.2. The molecule has 112 heavy (non-hydrogen) atoms. The number of nitrogens with one attached hydrogen (secondary N) is 13. The number of nitrogens with zero attached hydrogens (tertiary/aromatic N) is 2. The third-order valence-corrected chi connectivity index (χ3v) is 18.6. The molecule has 31 nitrogen and oxygen atoms in total. The number of primary amides is 1. The number of benzene rings is 5. The lowest BCUT2D eigenvalue weighted by molar-refractivity contribution is -0.143. The quantitative estimate of drug-likeness (QED) is 0.0148. The van der Waals surface area contributed by atoms with Gasteiger partial charge in [-0.3, -0.25) is 72.1 Å². The number of pyridine rings is 1. The molecule has 0 bridgehead atoms. The standard InChI is InChI=1S/C80H101ClN16O15/c1-46(2)36-62(72(104)89-61(17-10-11-34-84-47(3)4)80(112)97-35-13-18-69(97)79(111)96-71(70(82)103)85-45-99)90-74(106)65(39-52-22-29-59(30-23-52)86-48(5)100)92-76(108)66(40-53-24-31-60(32-25-53)87-49(6)101)94-78(110)68(44-98)95-77(109)67(42-55-14-12-33-83-43-55)93-75(107)64(38-51-20-27-58(81)28-21-51)91-73(105)63(88-50(7)102)41-54-19-26-56-15-8-9-16-57(56)37-54/h8-9,12,14-16,19-33,37,43,45-47,61-69,71,84,98H,10-11,13,17-18,34-36,38-42,44H2,1-7H3,(H2,82,103)(H,85,99)(H,86,100)(H,87,101)(H,88,102)(H,89,104)(H,90,106)(H,91,105)(H,92,108)(H,93,107)(H,94,110)(H,95,109)(H,96,111)/t61-,62-,63+,64+,65+,66-,67+,68-,69+,71-/m0/s1. The number of hydrogen-bond acceptors (Lipinski definition) is 17. The summed E-state index contributed by atoms with van der Waals surface area (Å²) in [6, 6.07) is 22.4. The van der Waals surface area contributed by atoms with Crippen molar-refractivity contribution >= 4 is 117 Å². The summed E-state index contributed by atoms with van der Waals surface area (Å²) < 4.78 is 0. The Balaban J connectivity index is 1.18. The number of rotatable bonds is 42. The minimum Gasteiger partial charge on any atom is -0.394 e. The highest BCUT2D eigenvalue weighted by Crippen LogP contribution is 2.23. The highest BCUT2D eigenvalue weighted by atomic mass is 35.5. The fourth-order valence-electron chi connectivity index (χ4n) is 12.8. The van der Waals surface area contributed by atoms with Crippen molar-refractivity contribution in [2.45, 2.75) is 186 Å². The summed E-state index contributed by atoms with van der Waals surface area (Å²) >= 11 is 6.26. The van der Waals surface area contributed by atoms with E-state index in [1.807, 2.05) is 56.3 Å². The molecule has 1 fully saturated rings. The number of anilines is 2. The summed E-state index contributed by atoms with van der Waals surface area (Å²) in [5.41, 5.74) is 8.69. The Kier molecular flexibility index (Phi) is 34.1. The van der Waals surface area contributed by atoms with Crippen LogP contribution >= 0.6 is 11.6 Å². The van der Waals surface area contributed by atoms with Crippen molar-refractivity contribution in [3.05, 3.63) is 173 Å². The van der Waals surface area contributed by atoms with Crippen LogP contribution in [-0.4, -0.2) is 184 Å². The van der Waals surface area contributed by atoms with Crippen LogP contribution in [0, 0.1) is 5.92 Å². The van der Waals surface area contributed by atoms with Crippen LogP contribution in [0.15, 0.2) is 140 Å². The largest absolute Gasteiger partial charge is 0.394 e. The first-order chi connectivity index (χ1) is 53.4. The Bertz CT molecular complexity index is 4270. The van der Waals surface area contributed by atoms with E-state index in [1.165, 1.54) is 38.1 Å². The van der Waals surface area contributed by atoms with Gasteiger partial charge in [0, 0.05) is 94.3 Å². The zero-order valence-electron chi connectivity index (χ0n) is 63.7. The number of likely N-dealkylation sites (tertiary alicyclic amines) is 1. The van der Waals surface area contributed by atoms with Gasteiger partial charge < -0.3 is 84.9 Å². The van der Waals surface area contributed by atoms with Crippen molar-refractivity contribution in [2.24, 2.45) is 11.7 Å². The second kappa shape index (κ2) is 43.6. The molecule has 14 amide bonds. The molecule has 10 atom stereocenters. The van der Waals surface area contributed by atoms with E-state index in [4.69, 9.17) is 17.3 Å². The first kappa shape index (κ1) is 87.5. The molecule has 598 valence electrons. The number of fused-ring (bicyclic) bond motifs is 1. The maximum Gasteiger partial charge on any atom is 0.260 e. The lowest BCUT2D eigenvalue weighted by Gasteiger charge is -2.31. The number of hydrogen-bond donors (Lipinski definition) is 15. The van der Waals surface area contributed by atoms with Gasteiger partial charge in [0.2, 0.25) is 77.3 Å². The number of amides is 14. The Morgan fingerprint density at radius 1 is 0.518 bits per heavy atom. The second-order valence-electron chi connectivity index (χ2n) is 28.4. The van der Waals surface area contributed by atoms with Gasteiger partial charge in [-0.15, -0.1) is 0 Å². The van der Waals surface area contributed by atoms with Gasteiger partial charge in [-0.2, -0.15) is 0 Å². The minimum atomic E-state index is -1.87. The monoisotopic (exact) mass is 1560 g/mol. The normalized spacial score (nSPS) is 14.9. The number of carbonyl (C=O) groups is 14. The molecule has 1 aliphatic rings. The van der Waals surface area contributed by atoms with E-state index < -0.39 is 132 Å². The van der Waals surface area contributed by atoms with Gasteiger partial charge in [-0.05, 0) is 132 Å². The third kappa shape index (κ3) is 28.3. The predicted octanol–water partition coefficient (Wildman–Crippen LogP) is 2.09. The molecule has 32 heteroatoms. The molecular weight excluding hydrogens is 1460 g/mol. The number of aliphatic hydroxyl groups excluding tert-OH is 1. The average molecular weight is 1560 g/mol. The van der Waals surface area contributed by atoms with E-state index in [2.05, 4.69) is 74.1 Å². The molecule has 0 radical (unpaired) electrons. The number of unbranched alkanes of at least 4 members (excludes halogenated alkanes) is 1. The molecule has 1 saturated heterocycles. The van der Waals surface area contributed by atoms with Crippen LogP contribution < -0.4 is 74.9 Å². The Morgan fingerprint density at radius 3 is 1.45 bits per heavy atom. The number of carbonyl (C=O) groups excluding carboxylic acids is 14. The van der Waals surface area contributed by atoms with Crippen molar-refractivity contribution < 1.29 is 72.2 Å². The van der Waals surface area contributed by atoms with Gasteiger partial charge in [0.05, 0.1) is 6.61 Å². The van der Waals surface area contributed by atoms with Gasteiger partial charge in [0.1, 0.15) is 54.4 Å². The van der Waals surface area contributed by atoms with Crippen LogP contribution in [0.25, 0.3) is 10.8 Å². The van der Waals surface area contributed by atoms with Crippen LogP contribution in [0.4, 0.5) is 11.4 Å². The van der Waals surface area contributed by atoms with Gasteiger partial charge in [0.15, 0.2) is 6.17 Å². The van der Waals surface area contributed by atoms with E-state index in [1.54, 1.807) is 98.8 Å². The maximum absolute atomic E-state index is 15.3. The Hall–Kier alpha value is -11.7. The van der Waals surface area contributed by atoms with Gasteiger partial charge >= 0.3 is 0 Å². The van der Waals surface area contributed by atoms with Gasteiger partial charge in [-0.1, -0.05) is 124 Å². The summed E-state index contributed by atoms with van der Waals surface area (Å²) in [4.78, 5) is 199. The molecule has 5 aromatic carbocycles. The van der Waals surface area contributed by atoms with E-state index in [9.17, 15) is 62.6 Å². The van der Waals surface area contributed by atoms with Gasteiger partial charge in [-0.25, -0.2) is 0 Å². The van der Waals surface area contributed by atoms with Crippen LogP contribution in [0.5, 0.6) is 0 Å². The van der Waals surface area contributed by atoms with E-state index in [0.29, 0.717) is 70.0 Å². The Morgan fingerprint density at radius 2 is 0.973 bits per heavy atom. The number of aromatic nitrogens is 1. The summed E-state index contributed by atoms with van der Waals surface area (Å²) in [7, 11) is 0. The third-order valence-electron chi connectivity index (χ3n) is 18.3. The highest BCUT2D eigenvalue weighted by molar-refractivity contribution is 6.30. The number of aliphatic hydroxyl groups is 1. The molecule has 2 heterocycles. The topological polar surface area (TPSA) is 458 Å². The Labute approximate surface area is 654 Å². The van der Waals surface area contributed by atoms with E-state index in [-0.39, 0.29) is 88.1 Å². The van der Waals surface area contributed by atoms with Crippen LogP contribution in [0.1, 0.15) is 115 Å². The smallest absolute Gasteiger partial charge is 0.260 e. The minimum absolute atomic E-state index is 0.0156. The maximum atomic E-state index is 15.3. The molecule has 1 aliphatic heterocycles. The van der Waals surface area contributed by atoms with Crippen LogP contribution in [0.3, 0.4) is 0 Å². The van der Waals surface area contributed by atoms with E-state index in [0.717, 1.165) is 10.8 Å². The molecule has 6 aromatic rings. The number of halogens is 1. The average Bonchev–Trinajstić information content (AvgIpc) is 1.25. The van der Waals surface area contributed by atoms with Crippen molar-refractivity contribution in [3.8, 4) is 0 Å². The molecule has 0 aliphatic carbocycles. The first-order valence-corrected chi connectivity index (χ1v) is 37.5. The molecule has 16 N–H and O–H groups in total. The second-order valence-corrected chi connectivity index (χ2v) is 28.8. The molecule has 0 spiro atoms. The molecular formula is C80H101ClN16O15. The SMILES string of the molecule is CC(=O)Nc1ccc(C[C@H](NC(=O)[C@H](CO)NC(=O)[C@@H](Cc2cccnc2)NC(=O)[C@@H](Cc2ccc(Cl)cc2)NC(=O)[C@@H](Cc2ccc3ccccc3c2)NC(C)=O)C(=O)N[C@H](Cc2ccc(NC(C)=O)cc2)C(=O)N[C@@H](CC(C)C)C(=O)N[C@@H](CCCCNC(C)C)C(=O)N2CCC[C@@H]2C(=O)N[C@H](NC=O)C(N)=O)cc1. The van der Waals surface area contributed by atoms with Gasteiger partial charge in [0.25, 0.3) is 5.91 Å². The molecule has 1 aromatic heterocycles. The van der Waals surface area contributed by atoms with Crippen molar-refractivity contribution in [3.63, 3.8) is 0 Å². The lowest BCUT2D eigenvalue weighted by Crippen LogP contribution is -2.62. The fourth-order valence-corrected chi connectivity index (χ4v) is 12.9. The summed E-state index contributed by atoms with van der Waals surface area (Å²) in [5.74, 6) is -10.5. The predicted molar refractivity (Wildman–Crippen MR) is 419 cm³/mol. The zero-order valence-corrected chi connectivity index (χ0v) is 64.5. The van der Waals surface area contributed by atoms with Crippen molar-refractivity contribution in [1.29, 1.82) is 0 Å². The van der Waals surface area contributed by atoms with E-state index >= 15 is 9.59 Å².